The van der Waals surface area contributed by atoms with Gasteiger partial charge in [-0.25, -0.2) is 0 Å². The van der Waals surface area contributed by atoms with Crippen LogP contribution in [0.2, 0.25) is 0 Å². The van der Waals surface area contributed by atoms with Gasteiger partial charge in [-0.2, -0.15) is 5.10 Å². The number of hydrogen-bond acceptors (Lipinski definition) is 3. The Balaban J connectivity index is 1.67. The highest BCUT2D eigenvalue weighted by Crippen LogP contribution is 2.16. The van der Waals surface area contributed by atoms with Gasteiger partial charge in [-0.3, -0.25) is 4.68 Å². The van der Waals surface area contributed by atoms with E-state index in [2.05, 4.69) is 23.5 Å². The fourth-order valence-electron chi connectivity index (χ4n) is 2.16. The van der Waals surface area contributed by atoms with Crippen molar-refractivity contribution in [2.75, 3.05) is 19.8 Å². The van der Waals surface area contributed by atoms with Crippen LogP contribution >= 0.6 is 0 Å². The molecule has 16 heavy (non-hydrogen) atoms. The molecule has 1 N–H and O–H groups in total. The van der Waals surface area contributed by atoms with Crippen molar-refractivity contribution in [3.05, 3.63) is 18.0 Å². The molecule has 90 valence electrons. The molecule has 1 aliphatic rings. The predicted molar refractivity (Wildman–Crippen MR) is 63.3 cm³/mol. The molecule has 0 aromatic carbocycles. The molecule has 2 atom stereocenters. The Morgan fingerprint density at radius 1 is 1.69 bits per heavy atom. The van der Waals surface area contributed by atoms with Gasteiger partial charge in [-0.15, -0.1) is 0 Å². The molecule has 0 saturated carbocycles. The summed E-state index contributed by atoms with van der Waals surface area (Å²) >= 11 is 0. The SMILES string of the molecule is CC(NCCc1cnn(C)c1)C1CCOC1. The standard InChI is InChI=1S/C12H21N3O/c1-10(12-4-6-16-9-12)13-5-3-11-7-14-15(2)8-11/h7-8,10,12-13H,3-6,9H2,1-2H3. The van der Waals surface area contributed by atoms with E-state index in [1.807, 2.05) is 17.9 Å². The van der Waals surface area contributed by atoms with Crippen molar-refractivity contribution in [1.82, 2.24) is 15.1 Å². The van der Waals surface area contributed by atoms with Crippen molar-refractivity contribution in [2.24, 2.45) is 13.0 Å². The first kappa shape index (κ1) is 11.6. The first-order valence-electron chi connectivity index (χ1n) is 6.04. The number of aryl methyl sites for hydroxylation is 1. The lowest BCUT2D eigenvalue weighted by Crippen LogP contribution is -2.35. The molecule has 1 aliphatic heterocycles. The van der Waals surface area contributed by atoms with Gasteiger partial charge in [0.1, 0.15) is 0 Å². The van der Waals surface area contributed by atoms with Gasteiger partial charge in [0.05, 0.1) is 12.8 Å². The summed E-state index contributed by atoms with van der Waals surface area (Å²) in [7, 11) is 1.95. The topological polar surface area (TPSA) is 39.1 Å². The highest BCUT2D eigenvalue weighted by atomic mass is 16.5. The molecule has 2 rings (SSSR count). The van der Waals surface area contributed by atoms with Crippen LogP contribution in [0.3, 0.4) is 0 Å². The Hall–Kier alpha value is -0.870. The molecule has 0 radical (unpaired) electrons. The van der Waals surface area contributed by atoms with E-state index in [0.717, 1.165) is 26.2 Å². The van der Waals surface area contributed by atoms with E-state index < -0.39 is 0 Å². The number of nitrogens with zero attached hydrogens (tertiary/aromatic N) is 2. The van der Waals surface area contributed by atoms with Crippen molar-refractivity contribution < 1.29 is 4.74 Å². The largest absolute Gasteiger partial charge is 0.381 e. The summed E-state index contributed by atoms with van der Waals surface area (Å²) in [4.78, 5) is 0. The lowest BCUT2D eigenvalue weighted by Gasteiger charge is -2.18. The van der Waals surface area contributed by atoms with Crippen LogP contribution in [0.15, 0.2) is 12.4 Å². The smallest absolute Gasteiger partial charge is 0.0522 e. The zero-order chi connectivity index (χ0) is 11.4. The summed E-state index contributed by atoms with van der Waals surface area (Å²) < 4.78 is 7.24. The number of nitrogens with one attached hydrogen (secondary N) is 1. The van der Waals surface area contributed by atoms with E-state index >= 15 is 0 Å². The minimum Gasteiger partial charge on any atom is -0.381 e. The van der Waals surface area contributed by atoms with Gasteiger partial charge in [-0.05, 0) is 37.8 Å². The van der Waals surface area contributed by atoms with E-state index in [1.54, 1.807) is 0 Å². The van der Waals surface area contributed by atoms with Crippen LogP contribution in [-0.4, -0.2) is 35.6 Å². The molecule has 4 nitrogen and oxygen atoms in total. The summed E-state index contributed by atoms with van der Waals surface area (Å²) in [6.07, 6.45) is 6.25. The Bertz CT molecular complexity index is 318. The molecule has 2 heterocycles. The number of aromatic nitrogens is 2. The maximum absolute atomic E-state index is 5.39. The number of ether oxygens (including phenoxy) is 1. The lowest BCUT2D eigenvalue weighted by molar-refractivity contribution is 0.178. The van der Waals surface area contributed by atoms with Gasteiger partial charge < -0.3 is 10.1 Å². The Kier molecular flexibility index (Phi) is 3.96. The van der Waals surface area contributed by atoms with Crippen molar-refractivity contribution >= 4 is 0 Å². The average molecular weight is 223 g/mol. The van der Waals surface area contributed by atoms with Crippen molar-refractivity contribution in [2.45, 2.75) is 25.8 Å². The minimum absolute atomic E-state index is 0.555. The van der Waals surface area contributed by atoms with E-state index in [9.17, 15) is 0 Å². The summed E-state index contributed by atoms with van der Waals surface area (Å²) in [5.41, 5.74) is 1.30. The van der Waals surface area contributed by atoms with Gasteiger partial charge in [0.15, 0.2) is 0 Å². The molecule has 1 saturated heterocycles. The third-order valence-electron chi connectivity index (χ3n) is 3.31. The van der Waals surface area contributed by atoms with Crippen LogP contribution in [0.25, 0.3) is 0 Å². The van der Waals surface area contributed by atoms with Gasteiger partial charge in [0, 0.05) is 25.9 Å². The highest BCUT2D eigenvalue weighted by molar-refractivity contribution is 5.03. The Morgan fingerprint density at radius 2 is 2.56 bits per heavy atom. The van der Waals surface area contributed by atoms with Crippen molar-refractivity contribution in [3.63, 3.8) is 0 Å². The molecule has 1 aromatic heterocycles. The summed E-state index contributed by atoms with van der Waals surface area (Å²) in [5, 5.41) is 7.73. The van der Waals surface area contributed by atoms with Crippen LogP contribution in [0.1, 0.15) is 18.9 Å². The first-order chi connectivity index (χ1) is 7.75. The van der Waals surface area contributed by atoms with Gasteiger partial charge in [0.25, 0.3) is 0 Å². The Labute approximate surface area is 97.0 Å². The predicted octanol–water partition coefficient (Wildman–Crippen LogP) is 0.977. The molecule has 4 heteroatoms. The maximum atomic E-state index is 5.39. The second-order valence-corrected chi connectivity index (χ2v) is 4.64. The van der Waals surface area contributed by atoms with Crippen LogP contribution in [0, 0.1) is 5.92 Å². The van der Waals surface area contributed by atoms with E-state index in [1.165, 1.54) is 12.0 Å². The first-order valence-corrected chi connectivity index (χ1v) is 6.04. The van der Waals surface area contributed by atoms with Gasteiger partial charge >= 0.3 is 0 Å². The zero-order valence-corrected chi connectivity index (χ0v) is 10.1. The van der Waals surface area contributed by atoms with Crippen molar-refractivity contribution in [3.8, 4) is 0 Å². The van der Waals surface area contributed by atoms with Crippen LogP contribution in [0.5, 0.6) is 0 Å². The lowest BCUT2D eigenvalue weighted by atomic mass is 10.0. The second-order valence-electron chi connectivity index (χ2n) is 4.64. The van der Waals surface area contributed by atoms with Crippen molar-refractivity contribution in [1.29, 1.82) is 0 Å². The highest BCUT2D eigenvalue weighted by Gasteiger charge is 2.21. The van der Waals surface area contributed by atoms with E-state index in [0.29, 0.717) is 12.0 Å². The quantitative estimate of drug-likeness (QED) is 0.808. The number of hydrogen-bond donors (Lipinski definition) is 1. The third kappa shape index (κ3) is 3.06. The van der Waals surface area contributed by atoms with E-state index in [4.69, 9.17) is 4.74 Å². The molecule has 0 bridgehead atoms. The van der Waals surface area contributed by atoms with Gasteiger partial charge in [0.2, 0.25) is 0 Å². The summed E-state index contributed by atoms with van der Waals surface area (Å²) in [6.45, 7) is 5.12. The monoisotopic (exact) mass is 223 g/mol. The second kappa shape index (κ2) is 5.46. The number of rotatable bonds is 5. The minimum atomic E-state index is 0.555. The Morgan fingerprint density at radius 3 is 3.19 bits per heavy atom. The normalized spacial score (nSPS) is 22.5. The third-order valence-corrected chi connectivity index (χ3v) is 3.31. The van der Waals surface area contributed by atoms with E-state index in [-0.39, 0.29) is 0 Å². The molecule has 1 aromatic rings. The average Bonchev–Trinajstić information content (AvgIpc) is 2.89. The molecule has 2 unspecified atom stereocenters. The maximum Gasteiger partial charge on any atom is 0.0522 e. The molecular weight excluding hydrogens is 202 g/mol. The summed E-state index contributed by atoms with van der Waals surface area (Å²) in [6, 6.07) is 0.555. The van der Waals surface area contributed by atoms with Crippen LogP contribution in [0.4, 0.5) is 0 Å². The molecular formula is C12H21N3O. The molecule has 0 aliphatic carbocycles. The zero-order valence-electron chi connectivity index (χ0n) is 10.1. The fraction of sp³-hybridized carbons (Fsp3) is 0.750. The molecule has 1 fully saturated rings. The summed E-state index contributed by atoms with van der Waals surface area (Å²) in [5.74, 6) is 0.689. The van der Waals surface area contributed by atoms with Gasteiger partial charge in [-0.1, -0.05) is 0 Å². The van der Waals surface area contributed by atoms with Crippen LogP contribution < -0.4 is 5.32 Å². The molecule has 0 amide bonds. The van der Waals surface area contributed by atoms with Crippen LogP contribution in [-0.2, 0) is 18.2 Å². The molecule has 0 spiro atoms. The fourth-order valence-corrected chi connectivity index (χ4v) is 2.16.